The molecule has 3 saturated heterocycles. The SMILES string of the molecule is Cn1c(=O)n(C2CCC(=O)NC2=O)c2cccc(N3CC4(C3)N(CC3CCC(n5cc6cc(NC(=O)c7cccc(C(F)(F)F)n7)c(C#N)cc6n5)CC3)CC4(F)F)c21. The Labute approximate surface area is 332 Å². The number of alkyl halides is 5. The number of aromatic nitrogens is 5. The van der Waals surface area contributed by atoms with Crippen molar-refractivity contribution in [2.24, 2.45) is 13.0 Å². The van der Waals surface area contributed by atoms with Crippen LogP contribution in [0.3, 0.4) is 0 Å². The largest absolute Gasteiger partial charge is 0.433 e. The molecule has 4 aliphatic rings. The second-order valence-electron chi connectivity index (χ2n) is 16.0. The third-order valence-electron chi connectivity index (χ3n) is 12.5. The summed E-state index contributed by atoms with van der Waals surface area (Å²) in [5.74, 6) is -4.58. The van der Waals surface area contributed by atoms with Crippen molar-refractivity contribution in [1.82, 2.24) is 34.1 Å². The lowest BCUT2D eigenvalue weighted by atomic mass is 9.72. The van der Waals surface area contributed by atoms with Crippen molar-refractivity contribution in [3.05, 3.63) is 82.2 Å². The van der Waals surface area contributed by atoms with Gasteiger partial charge in [-0.05, 0) is 74.4 Å². The number of hydrogen-bond acceptors (Lipinski definition) is 9. The molecule has 2 aromatic carbocycles. The lowest BCUT2D eigenvalue weighted by Crippen LogP contribution is -2.87. The molecule has 3 aliphatic heterocycles. The van der Waals surface area contributed by atoms with E-state index in [9.17, 15) is 37.6 Å². The Hall–Kier alpha value is -6.16. The Morgan fingerprint density at radius 1 is 1.02 bits per heavy atom. The number of nitrogens with one attached hydrogen (secondary N) is 2. The third-order valence-corrected chi connectivity index (χ3v) is 12.5. The number of anilines is 2. The van der Waals surface area contributed by atoms with Gasteiger partial charge in [0.1, 0.15) is 29.0 Å². The van der Waals surface area contributed by atoms with Crippen LogP contribution in [0.15, 0.2) is 59.5 Å². The summed E-state index contributed by atoms with van der Waals surface area (Å²) in [5.41, 5.74) is -1.11. The Kier molecular flexibility index (Phi) is 8.92. The maximum absolute atomic E-state index is 15.5. The maximum atomic E-state index is 15.5. The molecule has 1 aliphatic carbocycles. The second-order valence-corrected chi connectivity index (χ2v) is 16.0. The van der Waals surface area contributed by atoms with Crippen LogP contribution in [-0.4, -0.2) is 84.2 Å². The van der Waals surface area contributed by atoms with E-state index in [1.807, 2.05) is 20.6 Å². The van der Waals surface area contributed by atoms with E-state index in [0.717, 1.165) is 43.9 Å². The van der Waals surface area contributed by atoms with Gasteiger partial charge in [-0.1, -0.05) is 12.1 Å². The smallest absolute Gasteiger partial charge is 0.365 e. The summed E-state index contributed by atoms with van der Waals surface area (Å²) < 4.78 is 75.1. The lowest BCUT2D eigenvalue weighted by molar-refractivity contribution is -0.258. The highest BCUT2D eigenvalue weighted by molar-refractivity contribution is 6.05. The van der Waals surface area contributed by atoms with Gasteiger partial charge >= 0.3 is 11.9 Å². The first kappa shape index (κ1) is 38.4. The number of aryl methyl sites for hydroxylation is 1. The number of benzene rings is 2. The number of carbonyl (C=O) groups is 3. The second kappa shape index (κ2) is 13.7. The standard InChI is InChI=1S/C40H37F5N10O4/c1-51-34-29(5-3-6-30(34)55(37(51)59)31-12-13-33(56)49-36(31)58)52-19-38(20-52)39(41,42)21-53(38)17-22-8-10-25(11-9-22)54-18-24-15-27(23(16-46)14-28(24)50-54)48-35(57)26-4-2-7-32(47-26)40(43,44)45/h2-7,14-15,18,22,25,31H,8-13,17,19-21H2,1H3,(H,48,57)(H,49,56,58). The molecule has 306 valence electrons. The van der Waals surface area contributed by atoms with Crippen LogP contribution < -0.4 is 21.2 Å². The Morgan fingerprint density at radius 3 is 2.46 bits per heavy atom. The molecule has 0 radical (unpaired) electrons. The van der Waals surface area contributed by atoms with Crippen molar-refractivity contribution >= 4 is 51.0 Å². The van der Waals surface area contributed by atoms with Gasteiger partial charge in [0, 0.05) is 44.7 Å². The molecule has 3 aromatic heterocycles. The van der Waals surface area contributed by atoms with Crippen molar-refractivity contribution in [1.29, 1.82) is 5.26 Å². The predicted molar refractivity (Wildman–Crippen MR) is 203 cm³/mol. The number of piperidine rings is 1. The van der Waals surface area contributed by atoms with Gasteiger partial charge < -0.3 is 10.2 Å². The summed E-state index contributed by atoms with van der Waals surface area (Å²) in [4.78, 5) is 57.9. The number of imidazole rings is 1. The molecule has 3 amide bonds. The molecule has 2 N–H and O–H groups in total. The zero-order valence-electron chi connectivity index (χ0n) is 31.6. The van der Waals surface area contributed by atoms with Crippen LogP contribution in [0.4, 0.5) is 33.3 Å². The molecular formula is C40H37F5N10O4. The van der Waals surface area contributed by atoms with Gasteiger partial charge in [0.15, 0.2) is 0 Å². The number of carbonyl (C=O) groups excluding carboxylic acids is 3. The van der Waals surface area contributed by atoms with Gasteiger partial charge in [-0.25, -0.2) is 18.6 Å². The summed E-state index contributed by atoms with van der Waals surface area (Å²) in [7, 11) is 1.59. The molecule has 1 spiro atoms. The van der Waals surface area contributed by atoms with Gasteiger partial charge in [-0.2, -0.15) is 23.5 Å². The number of nitrogens with zero attached hydrogens (tertiary/aromatic N) is 8. The van der Waals surface area contributed by atoms with Crippen LogP contribution in [0.5, 0.6) is 0 Å². The molecule has 19 heteroatoms. The minimum Gasteiger partial charge on any atom is -0.365 e. The van der Waals surface area contributed by atoms with Gasteiger partial charge in [0.05, 0.1) is 46.1 Å². The maximum Gasteiger partial charge on any atom is 0.433 e. The average Bonchev–Trinajstić information content (AvgIpc) is 3.71. The van der Waals surface area contributed by atoms with Crippen LogP contribution in [0.25, 0.3) is 21.9 Å². The Balaban J connectivity index is 0.855. The van der Waals surface area contributed by atoms with Crippen molar-refractivity contribution in [3.8, 4) is 6.07 Å². The minimum absolute atomic E-state index is 0.00198. The molecule has 6 heterocycles. The van der Waals surface area contributed by atoms with Gasteiger partial charge in [-0.3, -0.25) is 38.4 Å². The zero-order chi connectivity index (χ0) is 41.6. The first-order chi connectivity index (χ1) is 28.1. The first-order valence-corrected chi connectivity index (χ1v) is 19.3. The van der Waals surface area contributed by atoms with Crippen molar-refractivity contribution in [2.75, 3.05) is 36.4 Å². The van der Waals surface area contributed by atoms with E-state index in [4.69, 9.17) is 0 Å². The normalized spacial score (nSPS) is 22.9. The zero-order valence-corrected chi connectivity index (χ0v) is 31.6. The van der Waals surface area contributed by atoms with Crippen LogP contribution in [0.1, 0.15) is 72.4 Å². The number of nitriles is 1. The van der Waals surface area contributed by atoms with Crippen molar-refractivity contribution in [3.63, 3.8) is 0 Å². The number of amides is 3. The molecule has 4 fully saturated rings. The summed E-state index contributed by atoms with van der Waals surface area (Å²) in [6.45, 7) is 0.288. The molecule has 0 bridgehead atoms. The van der Waals surface area contributed by atoms with Crippen LogP contribution in [0.2, 0.25) is 0 Å². The Bertz CT molecular complexity index is 2660. The fraction of sp³-hybridized carbons (Fsp3) is 0.425. The van der Waals surface area contributed by atoms with Crippen molar-refractivity contribution < 1.29 is 36.3 Å². The molecule has 14 nitrogen and oxygen atoms in total. The number of likely N-dealkylation sites (tertiary alicyclic amines) is 1. The van der Waals surface area contributed by atoms with Crippen LogP contribution in [-0.2, 0) is 22.8 Å². The van der Waals surface area contributed by atoms with Crippen molar-refractivity contribution in [2.45, 2.75) is 68.2 Å². The van der Waals surface area contributed by atoms with Gasteiger partial charge in [0.25, 0.3) is 11.8 Å². The predicted octanol–water partition coefficient (Wildman–Crippen LogP) is 5.15. The fourth-order valence-corrected chi connectivity index (χ4v) is 9.29. The summed E-state index contributed by atoms with van der Waals surface area (Å²) >= 11 is 0. The van der Waals surface area contributed by atoms with Gasteiger partial charge in [0.2, 0.25) is 11.8 Å². The molecule has 59 heavy (non-hydrogen) atoms. The molecule has 1 atom stereocenters. The highest BCUT2D eigenvalue weighted by Crippen LogP contribution is 2.53. The number of pyridine rings is 1. The number of fused-ring (bicyclic) bond motifs is 2. The fourth-order valence-electron chi connectivity index (χ4n) is 9.29. The van der Waals surface area contributed by atoms with E-state index >= 15 is 8.78 Å². The van der Waals surface area contributed by atoms with Crippen LogP contribution >= 0.6 is 0 Å². The average molecular weight is 817 g/mol. The van der Waals surface area contributed by atoms with E-state index in [1.54, 1.807) is 37.5 Å². The highest BCUT2D eigenvalue weighted by Gasteiger charge is 2.72. The number of rotatable bonds is 7. The minimum atomic E-state index is -4.73. The van der Waals surface area contributed by atoms with E-state index in [-0.39, 0.29) is 55.7 Å². The van der Waals surface area contributed by atoms with Crippen LogP contribution in [0, 0.1) is 17.2 Å². The van der Waals surface area contributed by atoms with E-state index in [0.29, 0.717) is 34.2 Å². The number of hydrogen-bond donors (Lipinski definition) is 2. The molecule has 1 unspecified atom stereocenters. The quantitative estimate of drug-likeness (QED) is 0.167. The third kappa shape index (κ3) is 6.31. The molecule has 5 aromatic rings. The molecular weight excluding hydrogens is 779 g/mol. The molecule has 9 rings (SSSR count). The number of imide groups is 1. The monoisotopic (exact) mass is 816 g/mol. The number of halogens is 5. The topological polar surface area (TPSA) is 163 Å². The van der Waals surface area contributed by atoms with E-state index in [2.05, 4.69) is 20.7 Å². The summed E-state index contributed by atoms with van der Waals surface area (Å²) in [6.07, 6.45) is 0.359. The number of para-hydroxylation sites is 1. The summed E-state index contributed by atoms with van der Waals surface area (Å²) in [6, 6.07) is 12.4. The van der Waals surface area contributed by atoms with E-state index < -0.39 is 58.5 Å². The lowest BCUT2D eigenvalue weighted by Gasteiger charge is -2.67. The highest BCUT2D eigenvalue weighted by atomic mass is 19.4. The summed E-state index contributed by atoms with van der Waals surface area (Å²) in [5, 5.41) is 19.9. The van der Waals surface area contributed by atoms with E-state index in [1.165, 1.54) is 15.2 Å². The molecule has 1 saturated carbocycles. The van der Waals surface area contributed by atoms with Gasteiger partial charge in [-0.15, -0.1) is 0 Å². The Morgan fingerprint density at radius 2 is 1.76 bits per heavy atom. The first-order valence-electron chi connectivity index (χ1n) is 19.3.